The standard InChI is InChI=1S/C10H12N2O2/c1-14-6-2-3-9-7(4-6)8(5-11)10(13)12-9/h2-4,8H,5,11H2,1H3,(H,12,13). The van der Waals surface area contributed by atoms with E-state index in [4.69, 9.17) is 10.5 Å². The van der Waals surface area contributed by atoms with Crippen LogP contribution in [0.5, 0.6) is 5.75 Å². The van der Waals surface area contributed by atoms with Gasteiger partial charge in [0.2, 0.25) is 5.91 Å². The van der Waals surface area contributed by atoms with Gasteiger partial charge in [-0.1, -0.05) is 0 Å². The van der Waals surface area contributed by atoms with Gasteiger partial charge in [0.05, 0.1) is 13.0 Å². The lowest BCUT2D eigenvalue weighted by molar-refractivity contribution is -0.116. The lowest BCUT2D eigenvalue weighted by Crippen LogP contribution is -2.20. The van der Waals surface area contributed by atoms with Crippen molar-refractivity contribution in [3.63, 3.8) is 0 Å². The Labute approximate surface area is 82.1 Å². The molecular formula is C10H12N2O2. The highest BCUT2D eigenvalue weighted by molar-refractivity contribution is 6.03. The highest BCUT2D eigenvalue weighted by atomic mass is 16.5. The second-order valence-corrected chi connectivity index (χ2v) is 3.23. The third-order valence-corrected chi connectivity index (χ3v) is 2.44. The van der Waals surface area contributed by atoms with Crippen molar-refractivity contribution < 1.29 is 9.53 Å². The molecule has 1 aliphatic heterocycles. The first-order chi connectivity index (χ1) is 6.76. The Morgan fingerprint density at radius 3 is 3.00 bits per heavy atom. The van der Waals surface area contributed by atoms with Crippen molar-refractivity contribution >= 4 is 11.6 Å². The number of hydrogen-bond donors (Lipinski definition) is 2. The highest BCUT2D eigenvalue weighted by Gasteiger charge is 2.29. The third kappa shape index (κ3) is 1.24. The number of benzene rings is 1. The normalized spacial score (nSPS) is 19.0. The molecule has 0 aromatic heterocycles. The largest absolute Gasteiger partial charge is 0.497 e. The summed E-state index contributed by atoms with van der Waals surface area (Å²) in [7, 11) is 1.60. The van der Waals surface area contributed by atoms with Gasteiger partial charge in [-0.05, 0) is 23.8 Å². The van der Waals surface area contributed by atoms with Crippen LogP contribution in [-0.2, 0) is 4.79 Å². The molecule has 0 fully saturated rings. The summed E-state index contributed by atoms with van der Waals surface area (Å²) >= 11 is 0. The SMILES string of the molecule is COc1ccc2c(c1)C(CN)C(=O)N2. The van der Waals surface area contributed by atoms with Gasteiger partial charge in [0.15, 0.2) is 0 Å². The summed E-state index contributed by atoms with van der Waals surface area (Å²) in [6.45, 7) is 0.325. The molecule has 0 saturated heterocycles. The highest BCUT2D eigenvalue weighted by Crippen LogP contribution is 2.34. The molecule has 4 heteroatoms. The Kier molecular flexibility index (Phi) is 2.13. The Balaban J connectivity index is 2.44. The van der Waals surface area contributed by atoms with Crippen LogP contribution < -0.4 is 15.8 Å². The minimum atomic E-state index is -0.236. The molecule has 1 aliphatic rings. The molecule has 0 spiro atoms. The van der Waals surface area contributed by atoms with Gasteiger partial charge >= 0.3 is 0 Å². The fraction of sp³-hybridized carbons (Fsp3) is 0.300. The van der Waals surface area contributed by atoms with Crippen molar-refractivity contribution in [3.05, 3.63) is 23.8 Å². The number of rotatable bonds is 2. The number of nitrogens with one attached hydrogen (secondary N) is 1. The first-order valence-electron chi connectivity index (χ1n) is 4.45. The molecule has 2 rings (SSSR count). The maximum absolute atomic E-state index is 11.4. The third-order valence-electron chi connectivity index (χ3n) is 2.44. The van der Waals surface area contributed by atoms with E-state index < -0.39 is 0 Å². The Bertz CT molecular complexity index is 376. The lowest BCUT2D eigenvalue weighted by atomic mass is 10.0. The van der Waals surface area contributed by atoms with Crippen LogP contribution in [0.1, 0.15) is 11.5 Å². The number of hydrogen-bond acceptors (Lipinski definition) is 3. The summed E-state index contributed by atoms with van der Waals surface area (Å²) in [5.41, 5.74) is 7.30. The zero-order chi connectivity index (χ0) is 10.1. The Morgan fingerprint density at radius 2 is 2.36 bits per heavy atom. The van der Waals surface area contributed by atoms with Gasteiger partial charge in [-0.3, -0.25) is 4.79 Å². The molecule has 1 amide bonds. The average molecular weight is 192 g/mol. The molecule has 4 nitrogen and oxygen atoms in total. The van der Waals surface area contributed by atoms with Crippen molar-refractivity contribution in [2.24, 2.45) is 5.73 Å². The van der Waals surface area contributed by atoms with Crippen molar-refractivity contribution in [1.29, 1.82) is 0 Å². The Morgan fingerprint density at radius 1 is 1.57 bits per heavy atom. The van der Waals surface area contributed by atoms with E-state index in [2.05, 4.69) is 5.32 Å². The maximum Gasteiger partial charge on any atom is 0.233 e. The van der Waals surface area contributed by atoms with E-state index >= 15 is 0 Å². The van der Waals surface area contributed by atoms with E-state index in [1.54, 1.807) is 7.11 Å². The van der Waals surface area contributed by atoms with Crippen LogP contribution in [0.3, 0.4) is 0 Å². The molecule has 1 heterocycles. The first kappa shape index (κ1) is 9.02. The smallest absolute Gasteiger partial charge is 0.233 e. The molecule has 0 radical (unpaired) electrons. The van der Waals surface area contributed by atoms with Crippen LogP contribution >= 0.6 is 0 Å². The number of amides is 1. The molecular weight excluding hydrogens is 180 g/mol. The molecule has 3 N–H and O–H groups in total. The van der Waals surface area contributed by atoms with E-state index in [1.807, 2.05) is 18.2 Å². The van der Waals surface area contributed by atoms with E-state index in [0.29, 0.717) is 6.54 Å². The number of carbonyl (C=O) groups excluding carboxylic acids is 1. The maximum atomic E-state index is 11.4. The minimum Gasteiger partial charge on any atom is -0.497 e. The second-order valence-electron chi connectivity index (χ2n) is 3.23. The van der Waals surface area contributed by atoms with Crippen LogP contribution in [0, 0.1) is 0 Å². The van der Waals surface area contributed by atoms with Crippen LogP contribution in [0.25, 0.3) is 0 Å². The van der Waals surface area contributed by atoms with Gasteiger partial charge in [-0.15, -0.1) is 0 Å². The van der Waals surface area contributed by atoms with Crippen LogP contribution in [0.4, 0.5) is 5.69 Å². The predicted molar refractivity (Wildman–Crippen MR) is 53.4 cm³/mol. The van der Waals surface area contributed by atoms with Crippen molar-refractivity contribution in [2.75, 3.05) is 19.0 Å². The molecule has 0 bridgehead atoms. The molecule has 1 unspecified atom stereocenters. The van der Waals surface area contributed by atoms with Crippen molar-refractivity contribution in [2.45, 2.75) is 5.92 Å². The predicted octanol–water partition coefficient (Wildman–Crippen LogP) is 0.690. The molecule has 14 heavy (non-hydrogen) atoms. The number of fused-ring (bicyclic) bond motifs is 1. The summed E-state index contributed by atoms with van der Waals surface area (Å²) < 4.78 is 5.09. The molecule has 0 aliphatic carbocycles. The zero-order valence-electron chi connectivity index (χ0n) is 7.91. The molecule has 1 atom stereocenters. The number of nitrogens with two attached hydrogens (primary N) is 1. The lowest BCUT2D eigenvalue weighted by Gasteiger charge is -2.06. The summed E-state index contributed by atoms with van der Waals surface area (Å²) in [6, 6.07) is 5.50. The molecule has 74 valence electrons. The van der Waals surface area contributed by atoms with E-state index in [0.717, 1.165) is 17.0 Å². The van der Waals surface area contributed by atoms with Crippen LogP contribution in [-0.4, -0.2) is 19.6 Å². The van der Waals surface area contributed by atoms with E-state index in [-0.39, 0.29) is 11.8 Å². The summed E-state index contributed by atoms with van der Waals surface area (Å²) in [5.74, 6) is 0.481. The molecule has 0 saturated carbocycles. The topological polar surface area (TPSA) is 64.3 Å². The number of methoxy groups -OCH3 is 1. The summed E-state index contributed by atoms with van der Waals surface area (Å²) in [6.07, 6.45) is 0. The van der Waals surface area contributed by atoms with Crippen LogP contribution in [0.2, 0.25) is 0 Å². The number of ether oxygens (including phenoxy) is 1. The van der Waals surface area contributed by atoms with Crippen LogP contribution in [0.15, 0.2) is 18.2 Å². The quantitative estimate of drug-likeness (QED) is 0.724. The average Bonchev–Trinajstić information content (AvgIpc) is 2.52. The number of carbonyl (C=O) groups is 1. The summed E-state index contributed by atoms with van der Waals surface area (Å²) in [4.78, 5) is 11.4. The van der Waals surface area contributed by atoms with Gasteiger partial charge in [0.1, 0.15) is 5.75 Å². The van der Waals surface area contributed by atoms with Gasteiger partial charge in [0, 0.05) is 12.2 Å². The van der Waals surface area contributed by atoms with Gasteiger partial charge in [0.25, 0.3) is 0 Å². The van der Waals surface area contributed by atoms with Gasteiger partial charge < -0.3 is 15.8 Å². The fourth-order valence-corrected chi connectivity index (χ4v) is 1.67. The monoisotopic (exact) mass is 192 g/mol. The fourth-order valence-electron chi connectivity index (χ4n) is 1.67. The van der Waals surface area contributed by atoms with Gasteiger partial charge in [-0.2, -0.15) is 0 Å². The second kappa shape index (κ2) is 3.31. The summed E-state index contributed by atoms with van der Waals surface area (Å²) in [5, 5.41) is 2.78. The Hall–Kier alpha value is -1.55. The zero-order valence-corrected chi connectivity index (χ0v) is 7.91. The molecule has 1 aromatic carbocycles. The van der Waals surface area contributed by atoms with Gasteiger partial charge in [-0.25, -0.2) is 0 Å². The number of anilines is 1. The first-order valence-corrected chi connectivity index (χ1v) is 4.45. The molecule has 1 aromatic rings. The van der Waals surface area contributed by atoms with Crippen molar-refractivity contribution in [1.82, 2.24) is 0 Å². The minimum absolute atomic E-state index is 0.0317. The van der Waals surface area contributed by atoms with E-state index in [1.165, 1.54) is 0 Å². The van der Waals surface area contributed by atoms with Crippen molar-refractivity contribution in [3.8, 4) is 5.75 Å². The van der Waals surface area contributed by atoms with E-state index in [9.17, 15) is 4.79 Å².